The Kier molecular flexibility index (Phi) is 2.41. The number of benzene rings is 1. The van der Waals surface area contributed by atoms with E-state index in [0.717, 1.165) is 30.7 Å². The molecule has 6 nitrogen and oxygen atoms in total. The van der Waals surface area contributed by atoms with E-state index in [0.29, 0.717) is 33.8 Å². The Morgan fingerprint density at radius 2 is 2.27 bits per heavy atom. The minimum Gasteiger partial charge on any atom is -0.450 e. The Hall–Kier alpha value is -2.05. The van der Waals surface area contributed by atoms with Crippen molar-refractivity contribution in [3.63, 3.8) is 0 Å². The molecule has 0 amide bonds. The molecule has 5 rings (SSSR count). The Morgan fingerprint density at radius 1 is 1.36 bits per heavy atom. The summed E-state index contributed by atoms with van der Waals surface area (Å²) in [7, 11) is 0. The number of furan rings is 1. The van der Waals surface area contributed by atoms with Gasteiger partial charge in [-0.15, -0.1) is 0 Å². The number of fused-ring (bicyclic) bond motifs is 5. The van der Waals surface area contributed by atoms with Crippen LogP contribution < -0.4 is 16.0 Å². The summed E-state index contributed by atoms with van der Waals surface area (Å²) in [6.45, 7) is 1.89. The van der Waals surface area contributed by atoms with Crippen LogP contribution in [0.2, 0.25) is 5.02 Å². The van der Waals surface area contributed by atoms with Crippen LogP contribution in [0, 0.1) is 0 Å². The molecule has 7 heteroatoms. The van der Waals surface area contributed by atoms with E-state index in [1.807, 2.05) is 18.2 Å². The highest BCUT2D eigenvalue weighted by molar-refractivity contribution is 6.37. The zero-order valence-corrected chi connectivity index (χ0v) is 12.5. The number of anilines is 2. The van der Waals surface area contributed by atoms with Gasteiger partial charge in [0.05, 0.1) is 10.4 Å². The molecule has 2 atom stereocenters. The smallest absolute Gasteiger partial charge is 0.222 e. The van der Waals surface area contributed by atoms with Crippen molar-refractivity contribution in [2.45, 2.75) is 18.5 Å². The van der Waals surface area contributed by atoms with Gasteiger partial charge in [0.1, 0.15) is 11.1 Å². The fraction of sp³-hybridized carbons (Fsp3) is 0.333. The molecule has 0 radical (unpaired) electrons. The highest BCUT2D eigenvalue weighted by Gasteiger charge is 2.39. The van der Waals surface area contributed by atoms with Crippen LogP contribution in [0.15, 0.2) is 22.6 Å². The molecule has 2 aliphatic rings. The maximum Gasteiger partial charge on any atom is 0.222 e. The van der Waals surface area contributed by atoms with E-state index in [1.54, 1.807) is 0 Å². The van der Waals surface area contributed by atoms with E-state index in [2.05, 4.69) is 20.2 Å². The highest BCUT2D eigenvalue weighted by Crippen LogP contribution is 2.39. The Balaban J connectivity index is 1.81. The van der Waals surface area contributed by atoms with Crippen molar-refractivity contribution >= 4 is 45.4 Å². The number of nitrogens with two attached hydrogens (primary N) is 1. The number of halogens is 1. The van der Waals surface area contributed by atoms with Gasteiger partial charge in [0.15, 0.2) is 11.4 Å². The molecule has 2 fully saturated rings. The SMILES string of the molecule is Nc1nc(N2C[C@@H]3C[C@H]2CN3)c2oc3cccc(Cl)c3c2n1. The first-order valence-electron chi connectivity index (χ1n) is 7.35. The molecule has 0 saturated carbocycles. The molecule has 4 heterocycles. The normalized spacial score (nSPS) is 24.0. The summed E-state index contributed by atoms with van der Waals surface area (Å²) < 4.78 is 6.01. The van der Waals surface area contributed by atoms with E-state index >= 15 is 0 Å². The predicted octanol–water partition coefficient (Wildman–Crippen LogP) is 2.16. The molecule has 22 heavy (non-hydrogen) atoms. The van der Waals surface area contributed by atoms with Crippen molar-refractivity contribution in [1.29, 1.82) is 0 Å². The van der Waals surface area contributed by atoms with Gasteiger partial charge >= 0.3 is 0 Å². The lowest BCUT2D eigenvalue weighted by Crippen LogP contribution is -2.44. The maximum atomic E-state index is 6.32. The van der Waals surface area contributed by atoms with Gasteiger partial charge in [-0.3, -0.25) is 0 Å². The van der Waals surface area contributed by atoms with E-state index in [-0.39, 0.29) is 5.95 Å². The van der Waals surface area contributed by atoms with Gasteiger partial charge in [0.2, 0.25) is 5.95 Å². The second kappa shape index (κ2) is 4.24. The Morgan fingerprint density at radius 3 is 3.05 bits per heavy atom. The lowest BCUT2D eigenvalue weighted by molar-refractivity contribution is 0.572. The molecule has 112 valence electrons. The molecule has 3 aromatic rings. The Bertz CT molecular complexity index is 908. The van der Waals surface area contributed by atoms with Gasteiger partial charge in [-0.05, 0) is 18.6 Å². The highest BCUT2D eigenvalue weighted by atomic mass is 35.5. The minimum atomic E-state index is 0.251. The van der Waals surface area contributed by atoms with Crippen LogP contribution in [0.3, 0.4) is 0 Å². The number of piperazine rings is 1. The van der Waals surface area contributed by atoms with Crippen LogP contribution in [0.25, 0.3) is 22.1 Å². The van der Waals surface area contributed by atoms with E-state index in [9.17, 15) is 0 Å². The second-order valence-electron chi connectivity index (χ2n) is 5.95. The molecule has 2 aliphatic heterocycles. The zero-order valence-electron chi connectivity index (χ0n) is 11.7. The third kappa shape index (κ3) is 1.59. The van der Waals surface area contributed by atoms with Gasteiger partial charge in [0.25, 0.3) is 0 Å². The molecule has 2 aromatic heterocycles. The van der Waals surface area contributed by atoms with Gasteiger partial charge in [0, 0.05) is 25.2 Å². The molecular formula is C15H14ClN5O. The lowest BCUT2D eigenvalue weighted by Gasteiger charge is -2.28. The van der Waals surface area contributed by atoms with Crippen LogP contribution in [-0.2, 0) is 0 Å². The molecule has 3 N–H and O–H groups in total. The van der Waals surface area contributed by atoms with Gasteiger partial charge in [-0.2, -0.15) is 4.98 Å². The summed E-state index contributed by atoms with van der Waals surface area (Å²) in [6.07, 6.45) is 1.13. The van der Waals surface area contributed by atoms with Crippen LogP contribution in [-0.4, -0.2) is 35.1 Å². The van der Waals surface area contributed by atoms with Crippen LogP contribution in [0.5, 0.6) is 0 Å². The first-order chi connectivity index (χ1) is 10.7. The molecule has 0 unspecified atom stereocenters. The topological polar surface area (TPSA) is 80.2 Å². The summed E-state index contributed by atoms with van der Waals surface area (Å²) in [5.41, 5.74) is 8.02. The minimum absolute atomic E-state index is 0.251. The van der Waals surface area contributed by atoms with Crippen molar-refractivity contribution in [3.05, 3.63) is 23.2 Å². The zero-order chi connectivity index (χ0) is 14.8. The lowest BCUT2D eigenvalue weighted by atomic mass is 10.2. The van der Waals surface area contributed by atoms with Crippen LogP contribution in [0.4, 0.5) is 11.8 Å². The third-order valence-corrected chi connectivity index (χ3v) is 4.93. The largest absolute Gasteiger partial charge is 0.450 e. The molecule has 0 spiro atoms. The average Bonchev–Trinajstić information content (AvgIpc) is 3.19. The van der Waals surface area contributed by atoms with Gasteiger partial charge in [-0.25, -0.2) is 4.98 Å². The third-order valence-electron chi connectivity index (χ3n) is 4.62. The molecule has 0 aliphatic carbocycles. The predicted molar refractivity (Wildman–Crippen MR) is 86.3 cm³/mol. The number of nitrogens with zero attached hydrogens (tertiary/aromatic N) is 3. The van der Waals surface area contributed by atoms with E-state index < -0.39 is 0 Å². The standard InChI is InChI=1S/C15H14ClN5O/c16-9-2-1-3-10-11(9)12-13(22-10)14(20-15(17)19-12)21-6-7-4-8(21)5-18-7/h1-3,7-8,18H,4-6H2,(H2,17,19,20)/t7-,8-/m0/s1. The van der Waals surface area contributed by atoms with Crippen LogP contribution in [0.1, 0.15) is 6.42 Å². The monoisotopic (exact) mass is 315 g/mol. The quantitative estimate of drug-likeness (QED) is 0.716. The maximum absolute atomic E-state index is 6.32. The van der Waals surface area contributed by atoms with Crippen molar-refractivity contribution in [1.82, 2.24) is 15.3 Å². The molecule has 2 saturated heterocycles. The average molecular weight is 316 g/mol. The van der Waals surface area contributed by atoms with Crippen molar-refractivity contribution < 1.29 is 4.42 Å². The van der Waals surface area contributed by atoms with Gasteiger partial charge < -0.3 is 20.4 Å². The number of aromatic nitrogens is 2. The summed E-state index contributed by atoms with van der Waals surface area (Å²) in [5.74, 6) is 1.03. The first kappa shape index (κ1) is 12.5. The van der Waals surface area contributed by atoms with E-state index in [1.165, 1.54) is 0 Å². The van der Waals surface area contributed by atoms with Gasteiger partial charge in [-0.1, -0.05) is 17.7 Å². The number of hydrogen-bond donors (Lipinski definition) is 2. The number of rotatable bonds is 1. The molecule has 1 aromatic carbocycles. The van der Waals surface area contributed by atoms with Crippen LogP contribution >= 0.6 is 11.6 Å². The summed E-state index contributed by atoms with van der Waals surface area (Å²) in [5, 5.41) is 4.90. The number of nitrogen functional groups attached to an aromatic ring is 1. The second-order valence-corrected chi connectivity index (χ2v) is 6.35. The van der Waals surface area contributed by atoms with E-state index in [4.69, 9.17) is 21.8 Å². The fourth-order valence-corrected chi connectivity index (χ4v) is 3.92. The first-order valence-corrected chi connectivity index (χ1v) is 7.73. The van der Waals surface area contributed by atoms with Crippen molar-refractivity contribution in [2.24, 2.45) is 0 Å². The molecule has 2 bridgehead atoms. The molecular weight excluding hydrogens is 302 g/mol. The fourth-order valence-electron chi connectivity index (χ4n) is 3.66. The Labute approximate surface area is 131 Å². The number of nitrogens with one attached hydrogen (secondary N) is 1. The summed E-state index contributed by atoms with van der Waals surface area (Å²) in [4.78, 5) is 11.1. The number of hydrogen-bond acceptors (Lipinski definition) is 6. The summed E-state index contributed by atoms with van der Waals surface area (Å²) in [6, 6.07) is 6.54. The van der Waals surface area contributed by atoms with Crippen molar-refractivity contribution in [3.8, 4) is 0 Å². The van der Waals surface area contributed by atoms with Crippen molar-refractivity contribution in [2.75, 3.05) is 23.7 Å². The summed E-state index contributed by atoms with van der Waals surface area (Å²) >= 11 is 6.32.